The van der Waals surface area contributed by atoms with Crippen molar-refractivity contribution in [2.75, 3.05) is 11.3 Å². The summed E-state index contributed by atoms with van der Waals surface area (Å²) in [6, 6.07) is 0. The fraction of sp³-hybridized carbons (Fsp3) is 0.462. The number of aromatic nitrogens is 1. The molecule has 0 amide bonds. The summed E-state index contributed by atoms with van der Waals surface area (Å²) in [5, 5.41) is 5.29. The monoisotopic (exact) mass is 329 g/mol. The minimum Gasteiger partial charge on any atom is -0.465 e. The van der Waals surface area contributed by atoms with Crippen molar-refractivity contribution in [3.05, 3.63) is 28.2 Å². The summed E-state index contributed by atoms with van der Waals surface area (Å²) in [6.45, 7) is 8.41. The Morgan fingerprint density at radius 1 is 1.29 bits per heavy atom. The predicted octanol–water partition coefficient (Wildman–Crippen LogP) is 2.57. The molecule has 0 aromatic carbocycles. The standard InChI is InChI=1S/C13H19N3O3S2/c1-5-14-6-11-9(3)19-10(4)12(11)21(17,18)16-13-15-8(2)7-20-13/h7,14H,5-6H2,1-4H3,(H,15,16). The molecule has 0 aliphatic rings. The molecule has 0 saturated carbocycles. The smallest absolute Gasteiger partial charge is 0.267 e. The SMILES string of the molecule is CCNCc1c(C)oc(C)c1S(=O)(=O)Nc1nc(C)cs1. The number of anilines is 1. The van der Waals surface area contributed by atoms with E-state index in [4.69, 9.17) is 4.42 Å². The Labute approximate surface area is 128 Å². The first-order valence-electron chi connectivity index (χ1n) is 6.59. The van der Waals surface area contributed by atoms with E-state index in [2.05, 4.69) is 15.0 Å². The van der Waals surface area contributed by atoms with E-state index in [1.165, 1.54) is 11.3 Å². The van der Waals surface area contributed by atoms with Gasteiger partial charge in [-0.1, -0.05) is 6.92 Å². The summed E-state index contributed by atoms with van der Waals surface area (Å²) in [6.07, 6.45) is 0. The Bertz CT molecular complexity index is 732. The molecule has 0 spiro atoms. The lowest BCUT2D eigenvalue weighted by Gasteiger charge is -2.08. The molecule has 2 aromatic heterocycles. The van der Waals surface area contributed by atoms with Crippen molar-refractivity contribution in [3.8, 4) is 0 Å². The molecule has 2 rings (SSSR count). The van der Waals surface area contributed by atoms with Crippen molar-refractivity contribution in [3.63, 3.8) is 0 Å². The van der Waals surface area contributed by atoms with Gasteiger partial charge in [-0.3, -0.25) is 4.72 Å². The van der Waals surface area contributed by atoms with Gasteiger partial charge in [0.2, 0.25) is 0 Å². The average Bonchev–Trinajstić information content (AvgIpc) is 2.90. The van der Waals surface area contributed by atoms with E-state index in [1.54, 1.807) is 19.2 Å². The maximum Gasteiger partial charge on any atom is 0.267 e. The van der Waals surface area contributed by atoms with Crippen LogP contribution in [-0.2, 0) is 16.6 Å². The zero-order valence-electron chi connectivity index (χ0n) is 12.5. The number of hydrogen-bond donors (Lipinski definition) is 2. The summed E-state index contributed by atoms with van der Waals surface area (Å²) in [5.74, 6) is 1.00. The highest BCUT2D eigenvalue weighted by Gasteiger charge is 2.27. The fourth-order valence-corrected chi connectivity index (χ4v) is 4.47. The molecular formula is C13H19N3O3S2. The Balaban J connectivity index is 2.39. The van der Waals surface area contributed by atoms with Crippen LogP contribution in [0.3, 0.4) is 0 Å². The second kappa shape index (κ2) is 6.17. The minimum atomic E-state index is -3.71. The molecule has 2 heterocycles. The number of nitrogens with zero attached hydrogens (tertiary/aromatic N) is 1. The normalized spacial score (nSPS) is 11.8. The largest absolute Gasteiger partial charge is 0.465 e. The van der Waals surface area contributed by atoms with Crippen LogP contribution in [0.15, 0.2) is 14.7 Å². The molecule has 116 valence electrons. The first-order chi connectivity index (χ1) is 9.85. The number of rotatable bonds is 6. The Morgan fingerprint density at radius 2 is 2.00 bits per heavy atom. The Hall–Kier alpha value is -1.38. The number of nitrogens with one attached hydrogen (secondary N) is 2. The molecule has 0 aliphatic heterocycles. The third kappa shape index (κ3) is 3.45. The van der Waals surface area contributed by atoms with Crippen LogP contribution in [0.2, 0.25) is 0 Å². The molecule has 6 nitrogen and oxygen atoms in total. The lowest BCUT2D eigenvalue weighted by molar-refractivity contribution is 0.493. The van der Waals surface area contributed by atoms with Crippen LogP contribution in [0.4, 0.5) is 5.13 Å². The highest BCUT2D eigenvalue weighted by molar-refractivity contribution is 7.93. The van der Waals surface area contributed by atoms with Crippen molar-refractivity contribution in [2.45, 2.75) is 39.1 Å². The van der Waals surface area contributed by atoms with Crippen molar-refractivity contribution in [1.82, 2.24) is 10.3 Å². The molecule has 2 N–H and O–H groups in total. The molecular weight excluding hydrogens is 310 g/mol. The van der Waals surface area contributed by atoms with Gasteiger partial charge in [-0.05, 0) is 27.3 Å². The van der Waals surface area contributed by atoms with Gasteiger partial charge in [-0.15, -0.1) is 11.3 Å². The van der Waals surface area contributed by atoms with Crippen LogP contribution in [0.25, 0.3) is 0 Å². The molecule has 2 aromatic rings. The molecule has 21 heavy (non-hydrogen) atoms. The van der Waals surface area contributed by atoms with Gasteiger partial charge in [0.15, 0.2) is 5.13 Å². The zero-order chi connectivity index (χ0) is 15.6. The molecule has 0 saturated heterocycles. The first-order valence-corrected chi connectivity index (χ1v) is 8.96. The molecule has 0 unspecified atom stereocenters. The molecule has 0 fully saturated rings. The quantitative estimate of drug-likeness (QED) is 0.851. The summed E-state index contributed by atoms with van der Waals surface area (Å²) < 4.78 is 33.2. The maximum atomic E-state index is 12.6. The van der Waals surface area contributed by atoms with Gasteiger partial charge >= 0.3 is 0 Å². The van der Waals surface area contributed by atoms with E-state index < -0.39 is 10.0 Å². The lowest BCUT2D eigenvalue weighted by atomic mass is 10.2. The number of furan rings is 1. The van der Waals surface area contributed by atoms with Crippen molar-refractivity contribution < 1.29 is 12.8 Å². The van der Waals surface area contributed by atoms with E-state index in [0.717, 1.165) is 12.2 Å². The average molecular weight is 329 g/mol. The van der Waals surface area contributed by atoms with E-state index >= 15 is 0 Å². The number of aryl methyl sites for hydroxylation is 3. The molecule has 0 atom stereocenters. The lowest BCUT2D eigenvalue weighted by Crippen LogP contribution is -2.19. The molecule has 0 bridgehead atoms. The van der Waals surface area contributed by atoms with Crippen LogP contribution >= 0.6 is 11.3 Å². The van der Waals surface area contributed by atoms with Crippen LogP contribution in [-0.4, -0.2) is 19.9 Å². The van der Waals surface area contributed by atoms with Crippen LogP contribution < -0.4 is 10.0 Å². The van der Waals surface area contributed by atoms with Gasteiger partial charge < -0.3 is 9.73 Å². The van der Waals surface area contributed by atoms with Gasteiger partial charge in [0.1, 0.15) is 16.4 Å². The summed E-state index contributed by atoms with van der Waals surface area (Å²) in [4.78, 5) is 4.33. The van der Waals surface area contributed by atoms with Crippen LogP contribution in [0.1, 0.15) is 29.7 Å². The number of thiazole rings is 1. The second-order valence-electron chi connectivity index (χ2n) is 4.70. The first kappa shape index (κ1) is 16.0. The highest BCUT2D eigenvalue weighted by Crippen LogP contribution is 2.29. The summed E-state index contributed by atoms with van der Waals surface area (Å²) >= 11 is 1.26. The Morgan fingerprint density at radius 3 is 2.57 bits per heavy atom. The number of sulfonamides is 1. The van der Waals surface area contributed by atoms with E-state index in [-0.39, 0.29) is 4.90 Å². The molecule has 8 heteroatoms. The third-order valence-corrected chi connectivity index (χ3v) is 5.52. The molecule has 0 aliphatic carbocycles. The van der Waals surface area contributed by atoms with Gasteiger partial charge in [0, 0.05) is 17.5 Å². The molecule has 0 radical (unpaired) electrons. The van der Waals surface area contributed by atoms with Gasteiger partial charge in [-0.2, -0.15) is 0 Å². The predicted molar refractivity (Wildman–Crippen MR) is 83.2 cm³/mol. The summed E-state index contributed by atoms with van der Waals surface area (Å²) in [7, 11) is -3.71. The van der Waals surface area contributed by atoms with Crippen molar-refractivity contribution in [1.29, 1.82) is 0 Å². The summed E-state index contributed by atoms with van der Waals surface area (Å²) in [5.41, 5.74) is 1.45. The Kier molecular flexibility index (Phi) is 4.70. The van der Waals surface area contributed by atoms with Crippen molar-refractivity contribution in [2.24, 2.45) is 0 Å². The third-order valence-electron chi connectivity index (χ3n) is 2.99. The fourth-order valence-electron chi connectivity index (χ4n) is 2.08. The van der Waals surface area contributed by atoms with Gasteiger partial charge in [0.05, 0.1) is 5.69 Å². The van der Waals surface area contributed by atoms with Crippen LogP contribution in [0.5, 0.6) is 0 Å². The van der Waals surface area contributed by atoms with Gasteiger partial charge in [0.25, 0.3) is 10.0 Å². The number of hydrogen-bond acceptors (Lipinski definition) is 6. The van der Waals surface area contributed by atoms with E-state index in [0.29, 0.717) is 28.8 Å². The second-order valence-corrected chi connectivity index (χ2v) is 7.18. The van der Waals surface area contributed by atoms with E-state index in [1.807, 2.05) is 13.8 Å². The zero-order valence-corrected chi connectivity index (χ0v) is 14.1. The van der Waals surface area contributed by atoms with Crippen LogP contribution in [0, 0.1) is 20.8 Å². The highest BCUT2D eigenvalue weighted by atomic mass is 32.2. The minimum absolute atomic E-state index is 0.203. The van der Waals surface area contributed by atoms with Gasteiger partial charge in [-0.25, -0.2) is 13.4 Å². The van der Waals surface area contributed by atoms with Crippen molar-refractivity contribution >= 4 is 26.5 Å². The topological polar surface area (TPSA) is 84.2 Å². The van der Waals surface area contributed by atoms with E-state index in [9.17, 15) is 8.42 Å². The maximum absolute atomic E-state index is 12.6.